The lowest BCUT2D eigenvalue weighted by atomic mass is 10.1. The quantitative estimate of drug-likeness (QED) is 0.761. The van der Waals surface area contributed by atoms with Crippen molar-refractivity contribution in [3.05, 3.63) is 59.8 Å². The number of aromatic hydroxyl groups is 1. The summed E-state index contributed by atoms with van der Waals surface area (Å²) in [5.41, 5.74) is 4.68. The number of hydrogen-bond acceptors (Lipinski definition) is 2. The summed E-state index contributed by atoms with van der Waals surface area (Å²) in [6.07, 6.45) is 2.89. The molecule has 0 spiro atoms. The van der Waals surface area contributed by atoms with E-state index in [0.29, 0.717) is 5.75 Å². The molecular formula is C18H20N2O. The summed E-state index contributed by atoms with van der Waals surface area (Å²) >= 11 is 0. The molecule has 21 heavy (non-hydrogen) atoms. The van der Waals surface area contributed by atoms with Crippen molar-refractivity contribution < 1.29 is 5.11 Å². The lowest BCUT2D eigenvalue weighted by molar-refractivity contribution is 0.481. The zero-order chi connectivity index (χ0) is 14.8. The Bertz CT molecular complexity index is 761. The van der Waals surface area contributed by atoms with Gasteiger partial charge in [0.05, 0.1) is 0 Å². The fourth-order valence-electron chi connectivity index (χ4n) is 2.83. The summed E-state index contributed by atoms with van der Waals surface area (Å²) in [6, 6.07) is 14.0. The van der Waals surface area contributed by atoms with E-state index < -0.39 is 0 Å². The largest absolute Gasteiger partial charge is 0.507 e. The predicted octanol–water partition coefficient (Wildman–Crippen LogP) is 3.86. The van der Waals surface area contributed by atoms with Crippen LogP contribution in [0.3, 0.4) is 0 Å². The highest BCUT2D eigenvalue weighted by molar-refractivity contribution is 5.89. The Morgan fingerprint density at radius 3 is 2.71 bits per heavy atom. The number of nitrogens with zero attached hydrogens (tertiary/aromatic N) is 1. The third kappa shape index (κ3) is 2.59. The summed E-state index contributed by atoms with van der Waals surface area (Å²) in [6.45, 7) is 3.04. The van der Waals surface area contributed by atoms with Crippen molar-refractivity contribution in [1.29, 1.82) is 0 Å². The number of phenols is 1. The van der Waals surface area contributed by atoms with Gasteiger partial charge in [0.25, 0.3) is 0 Å². The van der Waals surface area contributed by atoms with Crippen molar-refractivity contribution >= 4 is 16.6 Å². The number of aromatic nitrogens is 1. The van der Waals surface area contributed by atoms with E-state index in [1.165, 1.54) is 11.3 Å². The van der Waals surface area contributed by atoms with E-state index in [1.807, 2.05) is 18.3 Å². The Kier molecular flexibility index (Phi) is 3.57. The van der Waals surface area contributed by atoms with Crippen LogP contribution in [0, 0.1) is 6.92 Å². The summed E-state index contributed by atoms with van der Waals surface area (Å²) in [5, 5.41) is 11.0. The Morgan fingerprint density at radius 1 is 1.10 bits per heavy atom. The first-order chi connectivity index (χ1) is 10.2. The maximum Gasteiger partial charge on any atom is 0.125 e. The second-order valence-electron chi connectivity index (χ2n) is 5.47. The van der Waals surface area contributed by atoms with Gasteiger partial charge in [0.15, 0.2) is 0 Å². The first-order valence-corrected chi connectivity index (χ1v) is 7.21. The van der Waals surface area contributed by atoms with Crippen LogP contribution in [0.5, 0.6) is 5.75 Å². The van der Waals surface area contributed by atoms with Crippen LogP contribution in [-0.2, 0) is 6.42 Å². The maximum atomic E-state index is 10.0. The average molecular weight is 280 g/mol. The molecule has 0 amide bonds. The molecule has 0 saturated heterocycles. The number of hydrogen-bond donors (Lipinski definition) is 2. The molecule has 0 atom stereocenters. The van der Waals surface area contributed by atoms with Crippen LogP contribution >= 0.6 is 0 Å². The van der Waals surface area contributed by atoms with E-state index in [9.17, 15) is 5.11 Å². The van der Waals surface area contributed by atoms with Gasteiger partial charge in [-0.15, -0.1) is 0 Å². The fourth-order valence-corrected chi connectivity index (χ4v) is 2.83. The van der Waals surface area contributed by atoms with Gasteiger partial charge in [-0.3, -0.25) is 0 Å². The lowest BCUT2D eigenvalue weighted by Gasteiger charge is -2.21. The van der Waals surface area contributed by atoms with Gasteiger partial charge in [-0.1, -0.05) is 24.3 Å². The first kappa shape index (κ1) is 13.6. The number of aryl methyl sites for hydroxylation is 1. The summed E-state index contributed by atoms with van der Waals surface area (Å²) in [5.74, 6) is 0.349. The summed E-state index contributed by atoms with van der Waals surface area (Å²) in [4.78, 5) is 5.48. The Labute approximate surface area is 124 Å². The van der Waals surface area contributed by atoms with Crippen LogP contribution < -0.4 is 4.90 Å². The van der Waals surface area contributed by atoms with Gasteiger partial charge in [-0.2, -0.15) is 0 Å². The first-order valence-electron chi connectivity index (χ1n) is 7.21. The second-order valence-corrected chi connectivity index (χ2v) is 5.47. The van der Waals surface area contributed by atoms with Crippen molar-refractivity contribution in [2.24, 2.45) is 0 Å². The SMILES string of the molecule is Cc1ccccc1N(C)CCc1c[nH]c2cccc(O)c12. The van der Waals surface area contributed by atoms with Crippen LogP contribution in [0.2, 0.25) is 0 Å². The monoisotopic (exact) mass is 280 g/mol. The van der Waals surface area contributed by atoms with Gasteiger partial charge in [0.1, 0.15) is 5.75 Å². The van der Waals surface area contributed by atoms with Gasteiger partial charge in [-0.25, -0.2) is 0 Å². The van der Waals surface area contributed by atoms with Crippen LogP contribution in [0.4, 0.5) is 5.69 Å². The molecule has 0 radical (unpaired) electrons. The number of rotatable bonds is 4. The van der Waals surface area contributed by atoms with Crippen molar-refractivity contribution in [3.63, 3.8) is 0 Å². The van der Waals surface area contributed by atoms with Crippen molar-refractivity contribution in [3.8, 4) is 5.75 Å². The molecule has 0 aliphatic heterocycles. The Balaban J connectivity index is 1.79. The molecule has 0 bridgehead atoms. The smallest absolute Gasteiger partial charge is 0.125 e. The van der Waals surface area contributed by atoms with E-state index in [1.54, 1.807) is 6.07 Å². The van der Waals surface area contributed by atoms with E-state index >= 15 is 0 Å². The number of fused-ring (bicyclic) bond motifs is 1. The second kappa shape index (κ2) is 5.52. The molecule has 1 heterocycles. The zero-order valence-electron chi connectivity index (χ0n) is 12.4. The predicted molar refractivity (Wildman–Crippen MR) is 88.1 cm³/mol. The highest BCUT2D eigenvalue weighted by Gasteiger charge is 2.09. The number of aromatic amines is 1. The van der Waals surface area contributed by atoms with Gasteiger partial charge in [-0.05, 0) is 42.7 Å². The van der Waals surface area contributed by atoms with Gasteiger partial charge < -0.3 is 15.0 Å². The standard InChI is InChI=1S/C18H20N2O/c1-13-6-3-4-8-16(13)20(2)11-10-14-12-19-15-7-5-9-17(21)18(14)15/h3-9,12,19,21H,10-11H2,1-2H3. The molecule has 0 fully saturated rings. The number of nitrogens with one attached hydrogen (secondary N) is 1. The van der Waals surface area contributed by atoms with E-state index in [4.69, 9.17) is 0 Å². The van der Waals surface area contributed by atoms with Crippen molar-refractivity contribution in [2.45, 2.75) is 13.3 Å². The third-order valence-electron chi connectivity index (χ3n) is 4.01. The number of anilines is 1. The van der Waals surface area contributed by atoms with E-state index in [-0.39, 0.29) is 0 Å². The molecule has 3 rings (SSSR count). The number of phenolic OH excluding ortho intramolecular Hbond substituents is 1. The highest BCUT2D eigenvalue weighted by Crippen LogP contribution is 2.28. The number of likely N-dealkylation sites (N-methyl/N-ethyl adjacent to an activating group) is 1. The van der Waals surface area contributed by atoms with Crippen LogP contribution in [0.1, 0.15) is 11.1 Å². The minimum atomic E-state index is 0.349. The fraction of sp³-hybridized carbons (Fsp3) is 0.222. The third-order valence-corrected chi connectivity index (χ3v) is 4.01. The average Bonchev–Trinajstić information content (AvgIpc) is 2.90. The number of para-hydroxylation sites is 1. The molecule has 3 aromatic rings. The summed E-state index contributed by atoms with van der Waals surface area (Å²) < 4.78 is 0. The van der Waals surface area contributed by atoms with Crippen LogP contribution in [-0.4, -0.2) is 23.7 Å². The van der Waals surface area contributed by atoms with Gasteiger partial charge in [0.2, 0.25) is 0 Å². The molecule has 1 aromatic heterocycles. The maximum absolute atomic E-state index is 10.0. The molecule has 0 unspecified atom stereocenters. The minimum Gasteiger partial charge on any atom is -0.507 e. The lowest BCUT2D eigenvalue weighted by Crippen LogP contribution is -2.20. The molecule has 3 heteroatoms. The molecule has 2 N–H and O–H groups in total. The normalized spacial score (nSPS) is 11.0. The number of H-pyrrole nitrogens is 1. The van der Waals surface area contributed by atoms with Crippen molar-refractivity contribution in [2.75, 3.05) is 18.5 Å². The molecule has 0 aliphatic carbocycles. The van der Waals surface area contributed by atoms with E-state index in [0.717, 1.165) is 29.4 Å². The zero-order valence-corrected chi connectivity index (χ0v) is 12.4. The minimum absolute atomic E-state index is 0.349. The Hall–Kier alpha value is -2.42. The molecule has 0 aliphatic rings. The molecule has 3 nitrogen and oxygen atoms in total. The molecule has 0 saturated carbocycles. The topological polar surface area (TPSA) is 39.3 Å². The van der Waals surface area contributed by atoms with E-state index in [2.05, 4.69) is 48.1 Å². The number of benzene rings is 2. The van der Waals surface area contributed by atoms with Crippen LogP contribution in [0.15, 0.2) is 48.7 Å². The van der Waals surface area contributed by atoms with Gasteiger partial charge in [0, 0.05) is 36.4 Å². The highest BCUT2D eigenvalue weighted by atomic mass is 16.3. The molecule has 2 aromatic carbocycles. The summed E-state index contributed by atoms with van der Waals surface area (Å²) in [7, 11) is 2.11. The van der Waals surface area contributed by atoms with Gasteiger partial charge >= 0.3 is 0 Å². The molecular weight excluding hydrogens is 260 g/mol. The van der Waals surface area contributed by atoms with Crippen LogP contribution in [0.25, 0.3) is 10.9 Å². The Morgan fingerprint density at radius 2 is 1.90 bits per heavy atom. The van der Waals surface area contributed by atoms with Crippen molar-refractivity contribution in [1.82, 2.24) is 4.98 Å². The molecule has 108 valence electrons.